The normalized spacial score (nSPS) is 20.9. The van der Waals surface area contributed by atoms with Gasteiger partial charge in [0.2, 0.25) is 0 Å². The summed E-state index contributed by atoms with van der Waals surface area (Å²) in [5, 5.41) is 0. The molecule has 2 heterocycles. The molecule has 1 unspecified atom stereocenters. The molecule has 0 aromatic carbocycles. The number of hydrogen-bond donors (Lipinski definition) is 1. The lowest BCUT2D eigenvalue weighted by Gasteiger charge is -2.35. The molecule has 0 saturated carbocycles. The zero-order chi connectivity index (χ0) is 11.2. The molecule has 2 rings (SSSR count). The van der Waals surface area contributed by atoms with Crippen molar-refractivity contribution in [2.75, 3.05) is 13.1 Å². The monoisotopic (exact) mass is 255 g/mol. The van der Waals surface area contributed by atoms with Crippen LogP contribution in [0.4, 0.5) is 0 Å². The number of nitrogens with two attached hydrogens (primary N) is 1. The summed E-state index contributed by atoms with van der Waals surface area (Å²) in [6.07, 6.45) is 6.95. The smallest absolute Gasteiger partial charge is 0.0544 e. The Labute approximate surface area is 110 Å². The lowest BCUT2D eigenvalue weighted by molar-refractivity contribution is 0.132. The van der Waals surface area contributed by atoms with E-state index in [1.54, 1.807) is 0 Å². The van der Waals surface area contributed by atoms with Gasteiger partial charge in [0.15, 0.2) is 0 Å². The Bertz CT molecular complexity index is 303. The molecule has 0 spiro atoms. The molecule has 0 amide bonds. The van der Waals surface area contributed by atoms with Crippen LogP contribution in [-0.2, 0) is 6.54 Å². The average Bonchev–Trinajstić information content (AvgIpc) is 2.33. The second-order valence-electron chi connectivity index (χ2n) is 4.52. The molecule has 1 aliphatic heterocycles. The van der Waals surface area contributed by atoms with Crippen LogP contribution in [0.2, 0.25) is 0 Å². The van der Waals surface area contributed by atoms with Gasteiger partial charge in [0.05, 0.1) is 5.69 Å². The Balaban J connectivity index is 0.00000144. The van der Waals surface area contributed by atoms with Crippen molar-refractivity contribution in [3.63, 3.8) is 0 Å². The number of aromatic nitrogens is 1. The molecule has 0 radical (unpaired) electrons. The lowest BCUT2D eigenvalue weighted by atomic mass is 9.99. The number of hydrogen-bond acceptors (Lipinski definition) is 3. The van der Waals surface area contributed by atoms with E-state index >= 15 is 0 Å². The number of rotatable bonds is 4. The number of halogens is 1. The van der Waals surface area contributed by atoms with E-state index in [9.17, 15) is 0 Å². The third-order valence-corrected chi connectivity index (χ3v) is 3.34. The molecular weight excluding hydrogens is 234 g/mol. The average molecular weight is 256 g/mol. The van der Waals surface area contributed by atoms with Crippen LogP contribution in [0.15, 0.2) is 24.4 Å². The van der Waals surface area contributed by atoms with Crippen LogP contribution in [-0.4, -0.2) is 29.0 Å². The predicted octanol–water partition coefficient (Wildman–Crippen LogP) is 2.21. The fourth-order valence-corrected chi connectivity index (χ4v) is 2.49. The fourth-order valence-electron chi connectivity index (χ4n) is 2.49. The highest BCUT2D eigenvalue weighted by Crippen LogP contribution is 2.20. The molecule has 2 N–H and O–H groups in total. The number of pyridine rings is 1. The van der Waals surface area contributed by atoms with E-state index in [1.165, 1.54) is 31.5 Å². The summed E-state index contributed by atoms with van der Waals surface area (Å²) in [5.41, 5.74) is 6.85. The van der Waals surface area contributed by atoms with Crippen LogP contribution in [0.5, 0.6) is 0 Å². The van der Waals surface area contributed by atoms with E-state index < -0.39 is 0 Å². The number of likely N-dealkylation sites (tertiary alicyclic amines) is 1. The molecule has 1 fully saturated rings. The van der Waals surface area contributed by atoms with Crippen molar-refractivity contribution >= 4 is 12.4 Å². The van der Waals surface area contributed by atoms with E-state index in [-0.39, 0.29) is 12.4 Å². The van der Waals surface area contributed by atoms with E-state index in [1.807, 2.05) is 12.3 Å². The first-order valence-electron chi connectivity index (χ1n) is 6.24. The Hall–Kier alpha value is -0.640. The Morgan fingerprint density at radius 2 is 2.24 bits per heavy atom. The van der Waals surface area contributed by atoms with E-state index in [0.717, 1.165) is 19.5 Å². The van der Waals surface area contributed by atoms with Crippen molar-refractivity contribution in [2.24, 2.45) is 5.73 Å². The SMILES string of the molecule is Cl.NCCC1CCCCN1Cc1ccccn1. The Morgan fingerprint density at radius 3 is 2.94 bits per heavy atom. The van der Waals surface area contributed by atoms with Crippen molar-refractivity contribution in [1.82, 2.24) is 9.88 Å². The minimum Gasteiger partial charge on any atom is -0.330 e. The standard InChI is InChI=1S/C13H21N3.ClH/c14-8-7-13-6-2-4-10-16(13)11-12-5-1-3-9-15-12;/h1,3,5,9,13H,2,4,6-8,10-11,14H2;1H. The van der Waals surface area contributed by atoms with Crippen molar-refractivity contribution < 1.29 is 0 Å². The van der Waals surface area contributed by atoms with E-state index in [4.69, 9.17) is 5.73 Å². The highest BCUT2D eigenvalue weighted by molar-refractivity contribution is 5.85. The first-order chi connectivity index (χ1) is 7.90. The summed E-state index contributed by atoms with van der Waals surface area (Å²) in [6, 6.07) is 6.80. The minimum absolute atomic E-state index is 0. The predicted molar refractivity (Wildman–Crippen MR) is 73.2 cm³/mol. The van der Waals surface area contributed by atoms with Gasteiger partial charge in [-0.15, -0.1) is 12.4 Å². The van der Waals surface area contributed by atoms with Crippen molar-refractivity contribution in [3.8, 4) is 0 Å². The third-order valence-electron chi connectivity index (χ3n) is 3.34. The van der Waals surface area contributed by atoms with Gasteiger partial charge in [0, 0.05) is 18.8 Å². The quantitative estimate of drug-likeness (QED) is 0.897. The van der Waals surface area contributed by atoms with Gasteiger partial charge in [-0.3, -0.25) is 9.88 Å². The first-order valence-corrected chi connectivity index (χ1v) is 6.24. The summed E-state index contributed by atoms with van der Waals surface area (Å²) < 4.78 is 0. The second kappa shape index (κ2) is 7.64. The molecule has 1 atom stereocenters. The molecule has 1 aromatic heterocycles. The zero-order valence-corrected chi connectivity index (χ0v) is 11.0. The summed E-state index contributed by atoms with van der Waals surface area (Å²) in [4.78, 5) is 6.93. The summed E-state index contributed by atoms with van der Waals surface area (Å²) >= 11 is 0. The van der Waals surface area contributed by atoms with Gasteiger partial charge in [-0.05, 0) is 44.5 Å². The van der Waals surface area contributed by atoms with Gasteiger partial charge in [0.25, 0.3) is 0 Å². The van der Waals surface area contributed by atoms with Gasteiger partial charge < -0.3 is 5.73 Å². The largest absolute Gasteiger partial charge is 0.330 e. The number of nitrogens with zero attached hydrogens (tertiary/aromatic N) is 2. The molecule has 1 aromatic rings. The highest BCUT2D eigenvalue weighted by Gasteiger charge is 2.21. The molecule has 1 aliphatic rings. The third kappa shape index (κ3) is 4.26. The Morgan fingerprint density at radius 1 is 1.35 bits per heavy atom. The molecule has 4 heteroatoms. The second-order valence-corrected chi connectivity index (χ2v) is 4.52. The maximum absolute atomic E-state index is 5.67. The van der Waals surface area contributed by atoms with Crippen LogP contribution >= 0.6 is 12.4 Å². The summed E-state index contributed by atoms with van der Waals surface area (Å²) in [6.45, 7) is 2.97. The first kappa shape index (κ1) is 14.4. The Kier molecular flexibility index (Phi) is 6.48. The molecule has 3 nitrogen and oxygen atoms in total. The maximum Gasteiger partial charge on any atom is 0.0544 e. The zero-order valence-electron chi connectivity index (χ0n) is 10.2. The molecule has 0 aliphatic carbocycles. The number of piperidine rings is 1. The minimum atomic E-state index is 0. The maximum atomic E-state index is 5.67. The van der Waals surface area contributed by atoms with Gasteiger partial charge in [0.1, 0.15) is 0 Å². The van der Waals surface area contributed by atoms with Crippen LogP contribution in [0.3, 0.4) is 0 Å². The molecule has 96 valence electrons. The summed E-state index contributed by atoms with van der Waals surface area (Å²) in [5.74, 6) is 0. The van der Waals surface area contributed by atoms with Crippen molar-refractivity contribution in [3.05, 3.63) is 30.1 Å². The molecule has 1 saturated heterocycles. The van der Waals surface area contributed by atoms with Crippen molar-refractivity contribution in [1.29, 1.82) is 0 Å². The van der Waals surface area contributed by atoms with Crippen molar-refractivity contribution in [2.45, 2.75) is 38.3 Å². The van der Waals surface area contributed by atoms with Gasteiger partial charge in [-0.1, -0.05) is 12.5 Å². The van der Waals surface area contributed by atoms with Crippen LogP contribution in [0, 0.1) is 0 Å². The molecule has 17 heavy (non-hydrogen) atoms. The van der Waals surface area contributed by atoms with Gasteiger partial charge in [-0.2, -0.15) is 0 Å². The van der Waals surface area contributed by atoms with Crippen LogP contribution in [0.25, 0.3) is 0 Å². The van der Waals surface area contributed by atoms with Crippen LogP contribution in [0.1, 0.15) is 31.4 Å². The highest BCUT2D eigenvalue weighted by atomic mass is 35.5. The van der Waals surface area contributed by atoms with Gasteiger partial charge >= 0.3 is 0 Å². The van der Waals surface area contributed by atoms with E-state index in [2.05, 4.69) is 22.0 Å². The molecular formula is C13H22ClN3. The lowest BCUT2D eigenvalue weighted by Crippen LogP contribution is -2.40. The van der Waals surface area contributed by atoms with Gasteiger partial charge in [-0.25, -0.2) is 0 Å². The fraction of sp³-hybridized carbons (Fsp3) is 0.615. The van der Waals surface area contributed by atoms with E-state index in [0.29, 0.717) is 6.04 Å². The summed E-state index contributed by atoms with van der Waals surface area (Å²) in [7, 11) is 0. The topological polar surface area (TPSA) is 42.1 Å². The molecule has 0 bridgehead atoms. The van der Waals surface area contributed by atoms with Crippen LogP contribution < -0.4 is 5.73 Å².